The first-order chi connectivity index (χ1) is 15.0. The summed E-state index contributed by atoms with van der Waals surface area (Å²) in [6.45, 7) is 1.03. The Balaban J connectivity index is 1.33. The number of amides is 1. The second-order valence-corrected chi connectivity index (χ2v) is 8.24. The average Bonchev–Trinajstić information content (AvgIpc) is 3.25. The molecule has 0 atom stereocenters. The molecule has 156 valence electrons. The number of piperidine rings is 1. The second kappa shape index (κ2) is 7.63. The molecule has 5 rings (SSSR count). The number of hydrogen-bond acceptors (Lipinski definition) is 4. The molecule has 1 N–H and O–H groups in total. The van der Waals surface area contributed by atoms with Crippen molar-refractivity contribution in [1.82, 2.24) is 19.7 Å². The highest BCUT2D eigenvalue weighted by Gasteiger charge is 2.35. The summed E-state index contributed by atoms with van der Waals surface area (Å²) in [6, 6.07) is 15.8. The van der Waals surface area contributed by atoms with Crippen molar-refractivity contribution in [2.45, 2.75) is 18.4 Å². The normalized spacial score (nSPS) is 15.9. The maximum atomic E-state index is 13.1. The molecule has 0 bridgehead atoms. The first kappa shape index (κ1) is 19.5. The largest absolute Gasteiger partial charge is 0.385 e. The van der Waals surface area contributed by atoms with Crippen molar-refractivity contribution in [3.05, 3.63) is 84.4 Å². The molecule has 0 unspecified atom stereocenters. The highest BCUT2D eigenvalue weighted by molar-refractivity contribution is 5.99. The average molecular weight is 412 g/mol. The molecule has 31 heavy (non-hydrogen) atoms. The quantitative estimate of drug-likeness (QED) is 0.556. The van der Waals surface area contributed by atoms with Crippen molar-refractivity contribution >= 4 is 16.7 Å². The van der Waals surface area contributed by atoms with Crippen LogP contribution in [0.5, 0.6) is 0 Å². The van der Waals surface area contributed by atoms with Gasteiger partial charge in [-0.3, -0.25) is 14.5 Å². The van der Waals surface area contributed by atoms with Gasteiger partial charge < -0.3 is 10.0 Å². The monoisotopic (exact) mass is 412 g/mol. The maximum Gasteiger partial charge on any atom is 0.253 e. The number of nitrogens with zero attached hydrogens (tertiary/aromatic N) is 4. The molecule has 0 saturated carbocycles. The molecule has 4 aromatic rings. The Kier molecular flexibility index (Phi) is 4.79. The van der Waals surface area contributed by atoms with E-state index in [1.807, 2.05) is 60.7 Å². The Labute approximate surface area is 180 Å². The van der Waals surface area contributed by atoms with E-state index in [1.54, 1.807) is 17.1 Å². The van der Waals surface area contributed by atoms with Crippen LogP contribution in [0.3, 0.4) is 0 Å². The van der Waals surface area contributed by atoms with Crippen LogP contribution in [0.2, 0.25) is 0 Å². The van der Waals surface area contributed by atoms with E-state index in [2.05, 4.69) is 22.2 Å². The van der Waals surface area contributed by atoms with E-state index in [0.29, 0.717) is 31.5 Å². The van der Waals surface area contributed by atoms with Crippen molar-refractivity contribution in [1.29, 1.82) is 0 Å². The molecule has 0 aliphatic carbocycles. The van der Waals surface area contributed by atoms with Crippen LogP contribution in [0.15, 0.2) is 73.3 Å². The maximum absolute atomic E-state index is 13.1. The summed E-state index contributed by atoms with van der Waals surface area (Å²) < 4.78 is 1.79. The fourth-order valence-corrected chi connectivity index (χ4v) is 4.32. The van der Waals surface area contributed by atoms with Crippen LogP contribution >= 0.6 is 0 Å². The van der Waals surface area contributed by atoms with E-state index in [4.69, 9.17) is 0 Å². The number of fused-ring (bicyclic) bond motifs is 1. The second-order valence-electron chi connectivity index (χ2n) is 8.24. The van der Waals surface area contributed by atoms with E-state index in [-0.39, 0.29) is 5.91 Å². The Morgan fingerprint density at radius 2 is 1.77 bits per heavy atom. The fourth-order valence-electron chi connectivity index (χ4n) is 4.32. The summed E-state index contributed by atoms with van der Waals surface area (Å²) in [5.41, 5.74) is 2.74. The number of hydrogen-bond donors (Lipinski definition) is 1. The number of aryl methyl sites for hydroxylation is 1. The molecule has 1 aliphatic heterocycles. The van der Waals surface area contributed by atoms with Gasteiger partial charge >= 0.3 is 0 Å². The molecule has 0 radical (unpaired) electrons. The molecule has 2 aromatic carbocycles. The van der Waals surface area contributed by atoms with E-state index < -0.39 is 5.60 Å². The number of aliphatic hydroxyl groups is 1. The Morgan fingerprint density at radius 3 is 2.48 bits per heavy atom. The molecule has 3 heterocycles. The fraction of sp³-hybridized carbons (Fsp3) is 0.240. The highest BCUT2D eigenvalue weighted by Crippen LogP contribution is 2.33. The summed E-state index contributed by atoms with van der Waals surface area (Å²) in [6.07, 6.45) is 8.26. The lowest BCUT2D eigenvalue weighted by Crippen LogP contribution is -2.45. The third-order valence-electron chi connectivity index (χ3n) is 6.20. The number of aromatic nitrogens is 3. The van der Waals surface area contributed by atoms with Gasteiger partial charge in [-0.1, -0.05) is 24.3 Å². The molecule has 6 heteroatoms. The number of likely N-dealkylation sites (tertiary alicyclic amines) is 1. The van der Waals surface area contributed by atoms with Crippen molar-refractivity contribution in [2.75, 3.05) is 13.1 Å². The molecule has 2 aromatic heterocycles. The summed E-state index contributed by atoms with van der Waals surface area (Å²) in [5.74, 6) is 0.00599. The van der Waals surface area contributed by atoms with Gasteiger partial charge in [-0.2, -0.15) is 5.10 Å². The minimum atomic E-state index is -0.920. The molecule has 1 aliphatic rings. The SMILES string of the molecule is Cn1cc(-c2ccc3cc(C(=O)N4CCC(O)(c5cccnc5)CC4)ccc3c2)cn1. The zero-order chi connectivity index (χ0) is 21.4. The van der Waals surface area contributed by atoms with Crippen LogP contribution in [0.1, 0.15) is 28.8 Å². The third kappa shape index (κ3) is 3.70. The summed E-state index contributed by atoms with van der Waals surface area (Å²) >= 11 is 0. The lowest BCUT2D eigenvalue weighted by Gasteiger charge is -2.38. The first-order valence-electron chi connectivity index (χ1n) is 10.5. The van der Waals surface area contributed by atoms with Gasteiger partial charge in [0, 0.05) is 55.4 Å². The predicted molar refractivity (Wildman–Crippen MR) is 119 cm³/mol. The van der Waals surface area contributed by atoms with E-state index in [1.165, 1.54) is 0 Å². The van der Waals surface area contributed by atoms with Crippen LogP contribution in [-0.4, -0.2) is 43.8 Å². The minimum Gasteiger partial charge on any atom is -0.385 e. The zero-order valence-electron chi connectivity index (χ0n) is 17.4. The third-order valence-corrected chi connectivity index (χ3v) is 6.20. The summed E-state index contributed by atoms with van der Waals surface area (Å²) in [7, 11) is 1.90. The summed E-state index contributed by atoms with van der Waals surface area (Å²) in [4.78, 5) is 19.0. The van der Waals surface area contributed by atoms with Crippen molar-refractivity contribution in [3.8, 4) is 11.1 Å². The summed E-state index contributed by atoms with van der Waals surface area (Å²) in [5, 5.41) is 17.3. The van der Waals surface area contributed by atoms with Crippen LogP contribution in [0.4, 0.5) is 0 Å². The molecular weight excluding hydrogens is 388 g/mol. The minimum absolute atomic E-state index is 0.00599. The van der Waals surface area contributed by atoms with Crippen molar-refractivity contribution in [3.63, 3.8) is 0 Å². The molecule has 1 amide bonds. The lowest BCUT2D eigenvalue weighted by molar-refractivity contribution is -0.0213. The molecule has 1 fully saturated rings. The Hall–Kier alpha value is -3.51. The Bertz CT molecular complexity index is 1240. The van der Waals surface area contributed by atoms with Gasteiger partial charge in [-0.25, -0.2) is 0 Å². The number of carbonyl (C=O) groups is 1. The number of carbonyl (C=O) groups excluding carboxylic acids is 1. The van der Waals surface area contributed by atoms with Crippen LogP contribution in [-0.2, 0) is 12.6 Å². The standard InChI is InChI=1S/C25H24N4O2/c1-28-17-22(15-27-28)20-5-4-19-14-21(7-6-18(19)13-20)24(30)29-11-8-25(31,9-12-29)23-3-2-10-26-16-23/h2-7,10,13-17,31H,8-9,11-12H2,1H3. The lowest BCUT2D eigenvalue weighted by atomic mass is 9.85. The van der Waals surface area contributed by atoms with Gasteiger partial charge in [0.05, 0.1) is 11.8 Å². The highest BCUT2D eigenvalue weighted by atomic mass is 16.3. The van der Waals surface area contributed by atoms with Gasteiger partial charge in [-0.05, 0) is 53.4 Å². The van der Waals surface area contributed by atoms with Crippen molar-refractivity contribution < 1.29 is 9.90 Å². The van der Waals surface area contributed by atoms with E-state index in [9.17, 15) is 9.90 Å². The van der Waals surface area contributed by atoms with Gasteiger partial charge in [0.2, 0.25) is 0 Å². The molecule has 0 spiro atoms. The molecule has 1 saturated heterocycles. The van der Waals surface area contributed by atoms with Crippen LogP contribution in [0.25, 0.3) is 21.9 Å². The number of pyridine rings is 1. The first-order valence-corrected chi connectivity index (χ1v) is 10.5. The van der Waals surface area contributed by atoms with Crippen LogP contribution in [0, 0.1) is 0 Å². The van der Waals surface area contributed by atoms with Gasteiger partial charge in [0.25, 0.3) is 5.91 Å². The van der Waals surface area contributed by atoms with Gasteiger partial charge in [0.1, 0.15) is 0 Å². The predicted octanol–water partition coefficient (Wildman–Crippen LogP) is 3.76. The zero-order valence-corrected chi connectivity index (χ0v) is 17.4. The van der Waals surface area contributed by atoms with Gasteiger partial charge in [-0.15, -0.1) is 0 Å². The smallest absolute Gasteiger partial charge is 0.253 e. The van der Waals surface area contributed by atoms with Gasteiger partial charge in [0.15, 0.2) is 0 Å². The van der Waals surface area contributed by atoms with Crippen LogP contribution < -0.4 is 0 Å². The van der Waals surface area contributed by atoms with E-state index in [0.717, 1.165) is 27.5 Å². The number of benzene rings is 2. The Morgan fingerprint density at radius 1 is 1.00 bits per heavy atom. The van der Waals surface area contributed by atoms with E-state index >= 15 is 0 Å². The topological polar surface area (TPSA) is 71.2 Å². The molecule has 6 nitrogen and oxygen atoms in total. The van der Waals surface area contributed by atoms with Crippen molar-refractivity contribution in [2.24, 2.45) is 7.05 Å². The molecular formula is C25H24N4O2. The number of rotatable bonds is 3.